The normalized spacial score (nSPS) is 12.9. The predicted molar refractivity (Wildman–Crippen MR) is 90.6 cm³/mol. The number of benzene rings is 2. The van der Waals surface area contributed by atoms with Crippen LogP contribution >= 0.6 is 0 Å². The fraction of sp³-hybridized carbons (Fsp3) is 0.105. The van der Waals surface area contributed by atoms with Crippen LogP contribution < -0.4 is 4.90 Å². The number of aromatic nitrogens is 2. The second-order valence-electron chi connectivity index (χ2n) is 5.39. The van der Waals surface area contributed by atoms with Crippen LogP contribution in [-0.4, -0.2) is 10.2 Å². The number of rotatable bonds is 3. The second-order valence-corrected chi connectivity index (χ2v) is 5.39. The maximum Gasteiger partial charge on any atom is 0.166 e. The van der Waals surface area contributed by atoms with E-state index in [1.165, 1.54) is 11.3 Å². The first-order valence-electron chi connectivity index (χ1n) is 7.57. The topological polar surface area (TPSA) is 31.9 Å². The number of allylic oxidation sites excluding steroid dienone is 1. The number of hydrogen-bond donors (Lipinski definition) is 1. The zero-order valence-electron chi connectivity index (χ0n) is 12.2. The van der Waals surface area contributed by atoms with Gasteiger partial charge in [0.25, 0.3) is 0 Å². The van der Waals surface area contributed by atoms with E-state index in [4.69, 9.17) is 0 Å². The molecule has 0 radical (unpaired) electrons. The SMILES string of the molecule is C1=Cc2c(N(c3ccccc3)c3ccccc3)n[nH]c2CC1. The van der Waals surface area contributed by atoms with E-state index in [1.54, 1.807) is 0 Å². The van der Waals surface area contributed by atoms with Gasteiger partial charge in [-0.3, -0.25) is 10.00 Å². The van der Waals surface area contributed by atoms with E-state index in [0.717, 1.165) is 30.0 Å². The predicted octanol–water partition coefficient (Wildman–Crippen LogP) is 4.84. The molecule has 108 valence electrons. The van der Waals surface area contributed by atoms with Crippen LogP contribution in [0.1, 0.15) is 17.7 Å². The largest absolute Gasteiger partial charge is 0.293 e. The third-order valence-electron chi connectivity index (χ3n) is 3.95. The summed E-state index contributed by atoms with van der Waals surface area (Å²) in [5.41, 5.74) is 4.64. The summed E-state index contributed by atoms with van der Waals surface area (Å²) in [6, 6.07) is 20.7. The van der Waals surface area contributed by atoms with E-state index in [1.807, 2.05) is 12.1 Å². The fourth-order valence-corrected chi connectivity index (χ4v) is 2.89. The smallest absolute Gasteiger partial charge is 0.166 e. The minimum Gasteiger partial charge on any atom is -0.293 e. The number of H-pyrrole nitrogens is 1. The number of aromatic amines is 1. The van der Waals surface area contributed by atoms with Crippen molar-refractivity contribution >= 4 is 23.3 Å². The van der Waals surface area contributed by atoms with Gasteiger partial charge in [-0.1, -0.05) is 48.6 Å². The quantitative estimate of drug-likeness (QED) is 0.747. The minimum atomic E-state index is 0.961. The Hall–Kier alpha value is -2.81. The molecule has 0 amide bonds. The molecule has 22 heavy (non-hydrogen) atoms. The molecule has 3 nitrogen and oxygen atoms in total. The molecule has 4 rings (SSSR count). The van der Waals surface area contributed by atoms with Crippen LogP contribution in [0, 0.1) is 0 Å². The highest BCUT2D eigenvalue weighted by molar-refractivity contribution is 5.81. The van der Waals surface area contributed by atoms with Gasteiger partial charge in [0.1, 0.15) is 0 Å². The van der Waals surface area contributed by atoms with Gasteiger partial charge in [0.05, 0.1) is 0 Å². The molecule has 0 spiro atoms. The number of nitrogens with one attached hydrogen (secondary N) is 1. The molecule has 2 aromatic carbocycles. The Morgan fingerprint density at radius 2 is 1.50 bits per heavy atom. The number of fused-ring (bicyclic) bond motifs is 1. The summed E-state index contributed by atoms with van der Waals surface area (Å²) in [6.45, 7) is 0. The highest BCUT2D eigenvalue weighted by Crippen LogP contribution is 2.37. The molecular weight excluding hydrogens is 270 g/mol. The molecule has 3 aromatic rings. The van der Waals surface area contributed by atoms with Crippen LogP contribution in [0.5, 0.6) is 0 Å². The van der Waals surface area contributed by atoms with E-state index < -0.39 is 0 Å². The van der Waals surface area contributed by atoms with Crippen molar-refractivity contribution < 1.29 is 0 Å². The van der Waals surface area contributed by atoms with Gasteiger partial charge in [-0.15, -0.1) is 0 Å². The van der Waals surface area contributed by atoms with Crippen LogP contribution in [-0.2, 0) is 6.42 Å². The van der Waals surface area contributed by atoms with Crippen molar-refractivity contribution in [3.8, 4) is 0 Å². The zero-order valence-corrected chi connectivity index (χ0v) is 12.2. The molecule has 0 atom stereocenters. The van der Waals surface area contributed by atoms with Crippen molar-refractivity contribution in [2.75, 3.05) is 4.90 Å². The van der Waals surface area contributed by atoms with Crippen LogP contribution in [0.15, 0.2) is 66.7 Å². The average molecular weight is 287 g/mol. The summed E-state index contributed by atoms with van der Waals surface area (Å²) >= 11 is 0. The molecular formula is C19H17N3. The maximum atomic E-state index is 4.60. The molecule has 0 unspecified atom stereocenters. The highest BCUT2D eigenvalue weighted by Gasteiger charge is 2.21. The van der Waals surface area contributed by atoms with Crippen LogP contribution in [0.4, 0.5) is 17.2 Å². The monoisotopic (exact) mass is 287 g/mol. The summed E-state index contributed by atoms with van der Waals surface area (Å²) in [5, 5.41) is 7.80. The van der Waals surface area contributed by atoms with Gasteiger partial charge < -0.3 is 0 Å². The second kappa shape index (κ2) is 5.53. The van der Waals surface area contributed by atoms with Crippen LogP contribution in [0.2, 0.25) is 0 Å². The number of anilines is 3. The zero-order chi connectivity index (χ0) is 14.8. The number of nitrogens with zero attached hydrogens (tertiary/aromatic N) is 2. The summed E-state index contributed by atoms with van der Waals surface area (Å²) in [7, 11) is 0. The average Bonchev–Trinajstić information content (AvgIpc) is 3.01. The first kappa shape index (κ1) is 12.9. The van der Waals surface area contributed by atoms with Gasteiger partial charge in [-0.25, -0.2) is 0 Å². The molecule has 1 heterocycles. The van der Waals surface area contributed by atoms with E-state index in [-0.39, 0.29) is 0 Å². The summed E-state index contributed by atoms with van der Waals surface area (Å²) in [4.78, 5) is 2.20. The van der Waals surface area contributed by atoms with Crippen molar-refractivity contribution in [3.63, 3.8) is 0 Å². The van der Waals surface area contributed by atoms with Crippen molar-refractivity contribution in [2.45, 2.75) is 12.8 Å². The molecule has 3 heteroatoms. The van der Waals surface area contributed by atoms with E-state index >= 15 is 0 Å². The van der Waals surface area contributed by atoms with Gasteiger partial charge in [-0.2, -0.15) is 5.10 Å². The Balaban J connectivity index is 1.89. The summed E-state index contributed by atoms with van der Waals surface area (Å²) < 4.78 is 0. The van der Waals surface area contributed by atoms with Crippen LogP contribution in [0.3, 0.4) is 0 Å². The van der Waals surface area contributed by atoms with Gasteiger partial charge >= 0.3 is 0 Å². The molecule has 1 aromatic heterocycles. The first-order valence-corrected chi connectivity index (χ1v) is 7.57. The number of para-hydroxylation sites is 2. The molecule has 0 saturated heterocycles. The Labute approximate surface area is 129 Å². The van der Waals surface area contributed by atoms with E-state index in [0.29, 0.717) is 0 Å². The van der Waals surface area contributed by atoms with Crippen LogP contribution in [0.25, 0.3) is 6.08 Å². The van der Waals surface area contributed by atoms with Gasteiger partial charge in [0.15, 0.2) is 5.82 Å². The number of hydrogen-bond acceptors (Lipinski definition) is 2. The third kappa shape index (κ3) is 2.21. The van der Waals surface area contributed by atoms with Gasteiger partial charge in [0.2, 0.25) is 0 Å². The molecule has 1 aliphatic rings. The lowest BCUT2D eigenvalue weighted by atomic mass is 10.0. The molecule has 0 saturated carbocycles. The lowest BCUT2D eigenvalue weighted by Gasteiger charge is -2.24. The van der Waals surface area contributed by atoms with E-state index in [2.05, 4.69) is 75.8 Å². The summed E-state index contributed by atoms with van der Waals surface area (Å²) in [6.07, 6.45) is 6.49. The minimum absolute atomic E-state index is 0.961. The van der Waals surface area contributed by atoms with Crippen molar-refractivity contribution in [2.24, 2.45) is 0 Å². The van der Waals surface area contributed by atoms with Gasteiger partial charge in [-0.05, 0) is 37.1 Å². The maximum absolute atomic E-state index is 4.60. The molecule has 0 aliphatic heterocycles. The first-order chi connectivity index (χ1) is 10.9. The van der Waals surface area contributed by atoms with Crippen molar-refractivity contribution in [3.05, 3.63) is 78.0 Å². The van der Waals surface area contributed by atoms with Crippen molar-refractivity contribution in [1.29, 1.82) is 0 Å². The lowest BCUT2D eigenvalue weighted by Crippen LogP contribution is -2.11. The lowest BCUT2D eigenvalue weighted by molar-refractivity contribution is 0.907. The Morgan fingerprint density at radius 3 is 2.14 bits per heavy atom. The summed E-state index contributed by atoms with van der Waals surface area (Å²) in [5.74, 6) is 0.961. The Morgan fingerprint density at radius 1 is 0.864 bits per heavy atom. The van der Waals surface area contributed by atoms with E-state index in [9.17, 15) is 0 Å². The van der Waals surface area contributed by atoms with Crippen molar-refractivity contribution in [1.82, 2.24) is 10.2 Å². The fourth-order valence-electron chi connectivity index (χ4n) is 2.89. The highest BCUT2D eigenvalue weighted by atomic mass is 15.3. The molecule has 1 N–H and O–H groups in total. The third-order valence-corrected chi connectivity index (χ3v) is 3.95. The Bertz CT molecular complexity index is 749. The van der Waals surface area contributed by atoms with Gasteiger partial charge in [0, 0.05) is 22.6 Å². The standard InChI is InChI=1S/C19H17N3/c1-3-9-15(10-4-1)22(16-11-5-2-6-12-16)19-17-13-7-8-14-18(17)20-21-19/h1-7,9-13H,8,14H2,(H,20,21). The Kier molecular flexibility index (Phi) is 3.24. The molecule has 1 aliphatic carbocycles. The number of aryl methyl sites for hydroxylation is 1. The molecule has 0 fully saturated rings. The molecule has 0 bridgehead atoms.